The van der Waals surface area contributed by atoms with Crippen LogP contribution in [0.25, 0.3) is 0 Å². The molecule has 2 aromatic carbocycles. The van der Waals surface area contributed by atoms with Gasteiger partial charge >= 0.3 is 24.3 Å². The van der Waals surface area contributed by atoms with Crippen molar-refractivity contribution in [3.8, 4) is 0 Å². The van der Waals surface area contributed by atoms with E-state index in [2.05, 4.69) is 9.47 Å². The second-order valence-electron chi connectivity index (χ2n) is 5.89. The Morgan fingerprint density at radius 3 is 1.62 bits per heavy atom. The molecular formula is C19H14F6O4. The molecule has 0 atom stereocenters. The van der Waals surface area contributed by atoms with E-state index in [0.717, 1.165) is 38.5 Å². The number of rotatable bonds is 4. The number of hydrogen-bond acceptors (Lipinski definition) is 4. The third kappa shape index (κ3) is 3.79. The van der Waals surface area contributed by atoms with Crippen LogP contribution in [0, 0.1) is 0 Å². The predicted molar refractivity (Wildman–Crippen MR) is 88.5 cm³/mol. The molecule has 0 unspecified atom stereocenters. The van der Waals surface area contributed by atoms with E-state index < -0.39 is 46.4 Å². The van der Waals surface area contributed by atoms with Gasteiger partial charge in [0.25, 0.3) is 0 Å². The first-order valence-corrected chi connectivity index (χ1v) is 7.91. The van der Waals surface area contributed by atoms with E-state index in [1.165, 1.54) is 0 Å². The fourth-order valence-corrected chi connectivity index (χ4v) is 2.95. The molecule has 0 saturated carbocycles. The third-order valence-electron chi connectivity index (χ3n) is 4.31. The van der Waals surface area contributed by atoms with Crippen LogP contribution in [-0.4, -0.2) is 38.5 Å². The van der Waals surface area contributed by atoms with Gasteiger partial charge in [-0.15, -0.1) is 0 Å². The molecule has 29 heavy (non-hydrogen) atoms. The minimum atomic E-state index is -5.83. The van der Waals surface area contributed by atoms with Gasteiger partial charge in [-0.25, -0.2) is 9.59 Å². The van der Waals surface area contributed by atoms with E-state index in [0.29, 0.717) is 24.3 Å². The Kier molecular flexibility index (Phi) is 5.96. The van der Waals surface area contributed by atoms with Crippen molar-refractivity contribution in [3.05, 3.63) is 70.8 Å². The molecule has 0 aliphatic heterocycles. The van der Waals surface area contributed by atoms with Gasteiger partial charge in [0.1, 0.15) is 0 Å². The molecule has 0 aliphatic rings. The van der Waals surface area contributed by atoms with Gasteiger partial charge in [0.05, 0.1) is 25.3 Å². The highest BCUT2D eigenvalue weighted by Crippen LogP contribution is 2.56. The molecule has 0 saturated heterocycles. The standard InChI is InChI=1S/C19H14F6O4/c1-28-15(26)11-6-8-13(9-7-11)17(18(20,21)22,19(23,24)25)14-5-3-4-12(10-14)16(27)29-2/h3-10H,1-2H3. The van der Waals surface area contributed by atoms with Gasteiger partial charge in [-0.2, -0.15) is 26.3 Å². The minimum Gasteiger partial charge on any atom is -0.465 e. The topological polar surface area (TPSA) is 52.6 Å². The van der Waals surface area contributed by atoms with E-state index in [-0.39, 0.29) is 5.56 Å². The third-order valence-corrected chi connectivity index (χ3v) is 4.31. The maximum atomic E-state index is 14.1. The zero-order valence-corrected chi connectivity index (χ0v) is 15.0. The van der Waals surface area contributed by atoms with Crippen molar-refractivity contribution in [2.45, 2.75) is 17.8 Å². The number of esters is 2. The first-order valence-electron chi connectivity index (χ1n) is 7.91. The predicted octanol–water partition coefficient (Wildman–Crippen LogP) is 4.67. The molecule has 0 amide bonds. The number of benzene rings is 2. The average molecular weight is 420 g/mol. The van der Waals surface area contributed by atoms with Crippen molar-refractivity contribution in [1.82, 2.24) is 0 Å². The average Bonchev–Trinajstić information content (AvgIpc) is 2.65. The fraction of sp³-hybridized carbons (Fsp3) is 0.263. The Balaban J connectivity index is 2.84. The van der Waals surface area contributed by atoms with Crippen LogP contribution < -0.4 is 0 Å². The van der Waals surface area contributed by atoms with Gasteiger partial charge in [0.15, 0.2) is 0 Å². The van der Waals surface area contributed by atoms with Crippen LogP contribution in [0.1, 0.15) is 31.8 Å². The quantitative estimate of drug-likeness (QED) is 0.533. The molecule has 0 aliphatic carbocycles. The van der Waals surface area contributed by atoms with Gasteiger partial charge in [-0.3, -0.25) is 0 Å². The van der Waals surface area contributed by atoms with Crippen LogP contribution in [0.15, 0.2) is 48.5 Å². The number of hydrogen-bond donors (Lipinski definition) is 0. The largest absolute Gasteiger partial charge is 0.465 e. The normalized spacial score (nSPS) is 12.4. The molecule has 0 spiro atoms. The van der Waals surface area contributed by atoms with Crippen LogP contribution in [0.5, 0.6) is 0 Å². The summed E-state index contributed by atoms with van der Waals surface area (Å²) in [5, 5.41) is 0. The smallest absolute Gasteiger partial charge is 0.411 e. The zero-order valence-electron chi connectivity index (χ0n) is 15.0. The van der Waals surface area contributed by atoms with Crippen molar-refractivity contribution in [2.75, 3.05) is 14.2 Å². The molecule has 0 aromatic heterocycles. The highest BCUT2D eigenvalue weighted by atomic mass is 19.4. The number of carbonyl (C=O) groups is 2. The molecule has 156 valence electrons. The van der Waals surface area contributed by atoms with Crippen molar-refractivity contribution >= 4 is 11.9 Å². The molecule has 2 rings (SSSR count). The van der Waals surface area contributed by atoms with Crippen LogP contribution in [0.3, 0.4) is 0 Å². The highest BCUT2D eigenvalue weighted by molar-refractivity contribution is 5.90. The molecule has 2 aromatic rings. The van der Waals surface area contributed by atoms with E-state index in [1.54, 1.807) is 0 Å². The lowest BCUT2D eigenvalue weighted by Crippen LogP contribution is -2.54. The maximum absolute atomic E-state index is 14.1. The molecule has 0 radical (unpaired) electrons. The molecule has 0 heterocycles. The van der Waals surface area contributed by atoms with Gasteiger partial charge in [-0.1, -0.05) is 24.3 Å². The number of halogens is 6. The summed E-state index contributed by atoms with van der Waals surface area (Å²) in [7, 11) is 1.96. The lowest BCUT2D eigenvalue weighted by atomic mass is 9.72. The number of carbonyl (C=O) groups excluding carboxylic acids is 2. The fourth-order valence-electron chi connectivity index (χ4n) is 2.95. The zero-order chi connectivity index (χ0) is 22.0. The van der Waals surface area contributed by atoms with Crippen LogP contribution in [-0.2, 0) is 14.9 Å². The molecule has 0 fully saturated rings. The Bertz CT molecular complexity index is 886. The van der Waals surface area contributed by atoms with E-state index in [1.807, 2.05) is 0 Å². The second kappa shape index (κ2) is 7.76. The van der Waals surface area contributed by atoms with Gasteiger partial charge < -0.3 is 9.47 Å². The molecule has 0 bridgehead atoms. The Morgan fingerprint density at radius 2 is 1.17 bits per heavy atom. The van der Waals surface area contributed by atoms with Crippen molar-refractivity contribution in [1.29, 1.82) is 0 Å². The van der Waals surface area contributed by atoms with Gasteiger partial charge in [-0.05, 0) is 35.4 Å². The van der Waals surface area contributed by atoms with Crippen LogP contribution >= 0.6 is 0 Å². The Morgan fingerprint density at radius 1 is 0.690 bits per heavy atom. The monoisotopic (exact) mass is 420 g/mol. The molecule has 0 N–H and O–H groups in total. The van der Waals surface area contributed by atoms with E-state index >= 15 is 0 Å². The van der Waals surface area contributed by atoms with Crippen molar-refractivity contribution in [3.63, 3.8) is 0 Å². The highest BCUT2D eigenvalue weighted by Gasteiger charge is 2.72. The molecular weight excluding hydrogens is 406 g/mol. The summed E-state index contributed by atoms with van der Waals surface area (Å²) in [5.41, 5.74) is -7.54. The number of methoxy groups -OCH3 is 2. The van der Waals surface area contributed by atoms with Gasteiger partial charge in [0, 0.05) is 0 Å². The lowest BCUT2D eigenvalue weighted by Gasteiger charge is -2.38. The second-order valence-corrected chi connectivity index (χ2v) is 5.89. The van der Waals surface area contributed by atoms with Crippen LogP contribution in [0.4, 0.5) is 26.3 Å². The van der Waals surface area contributed by atoms with E-state index in [9.17, 15) is 35.9 Å². The first-order chi connectivity index (χ1) is 13.4. The summed E-state index contributed by atoms with van der Waals surface area (Å²) < 4.78 is 93.1. The first kappa shape index (κ1) is 22.3. The number of ether oxygens (including phenoxy) is 2. The minimum absolute atomic E-state index is 0.224. The Labute approximate surface area is 161 Å². The van der Waals surface area contributed by atoms with Crippen LogP contribution in [0.2, 0.25) is 0 Å². The summed E-state index contributed by atoms with van der Waals surface area (Å²) in [6.07, 6.45) is -11.7. The SMILES string of the molecule is COC(=O)c1ccc(C(c2cccc(C(=O)OC)c2)(C(F)(F)F)C(F)(F)F)cc1. The number of alkyl halides is 6. The summed E-state index contributed by atoms with van der Waals surface area (Å²) in [6, 6.07) is 5.76. The summed E-state index contributed by atoms with van der Waals surface area (Å²) >= 11 is 0. The summed E-state index contributed by atoms with van der Waals surface area (Å²) in [6.45, 7) is 0. The van der Waals surface area contributed by atoms with Crippen molar-refractivity contribution < 1.29 is 45.4 Å². The van der Waals surface area contributed by atoms with Gasteiger partial charge in [0.2, 0.25) is 5.41 Å². The molecule has 10 heteroatoms. The molecule has 4 nitrogen and oxygen atoms in total. The maximum Gasteiger partial charge on any atom is 0.411 e. The lowest BCUT2D eigenvalue weighted by molar-refractivity contribution is -0.288. The summed E-state index contributed by atoms with van der Waals surface area (Å²) in [4.78, 5) is 23.1. The van der Waals surface area contributed by atoms with Crippen molar-refractivity contribution in [2.24, 2.45) is 0 Å². The van der Waals surface area contributed by atoms with E-state index in [4.69, 9.17) is 0 Å². The Hall–Kier alpha value is -3.04. The summed E-state index contributed by atoms with van der Waals surface area (Å²) in [5.74, 6) is -2.01.